The average Bonchev–Trinajstić information content (AvgIpc) is 3.38. The van der Waals surface area contributed by atoms with Crippen molar-refractivity contribution >= 4 is 22.4 Å². The summed E-state index contributed by atoms with van der Waals surface area (Å²) in [5, 5.41) is 4.85. The molecule has 0 bridgehead atoms. The van der Waals surface area contributed by atoms with Crippen LogP contribution in [0.5, 0.6) is 28.7 Å². The van der Waals surface area contributed by atoms with Crippen LogP contribution >= 0.6 is 0 Å². The number of fused-ring (bicyclic) bond motifs is 5. The van der Waals surface area contributed by atoms with Gasteiger partial charge in [-0.3, -0.25) is 4.79 Å². The van der Waals surface area contributed by atoms with Crippen LogP contribution in [0.2, 0.25) is 0 Å². The Morgan fingerprint density at radius 3 is 2.46 bits per heavy atom. The highest BCUT2D eigenvalue weighted by atomic mass is 16.7. The molecular weight excluding hydrogens is 472 g/mol. The van der Waals surface area contributed by atoms with E-state index in [1.807, 2.05) is 42.5 Å². The molecule has 4 aromatic rings. The Labute approximate surface area is 214 Å². The molecule has 0 fully saturated rings. The molecule has 3 heterocycles. The van der Waals surface area contributed by atoms with Crippen LogP contribution < -0.4 is 33.6 Å². The van der Waals surface area contributed by atoms with Crippen molar-refractivity contribution in [1.82, 2.24) is 0 Å². The molecule has 0 atom stereocenters. The monoisotopic (exact) mass is 499 g/mol. The summed E-state index contributed by atoms with van der Waals surface area (Å²) in [6.07, 6.45) is 3.09. The Morgan fingerprint density at radius 2 is 1.73 bits per heavy atom. The van der Waals surface area contributed by atoms with Gasteiger partial charge in [0, 0.05) is 23.1 Å². The van der Waals surface area contributed by atoms with Crippen molar-refractivity contribution < 1.29 is 33.0 Å². The first-order valence-corrected chi connectivity index (χ1v) is 12.1. The highest BCUT2D eigenvalue weighted by molar-refractivity contribution is 6.00. The summed E-state index contributed by atoms with van der Waals surface area (Å²) in [6.45, 7) is 0.968. The molecule has 0 radical (unpaired) electrons. The predicted molar refractivity (Wildman–Crippen MR) is 138 cm³/mol. The van der Waals surface area contributed by atoms with Gasteiger partial charge in [0.2, 0.25) is 18.4 Å². The van der Waals surface area contributed by atoms with Crippen LogP contribution in [0.3, 0.4) is 0 Å². The largest absolute Gasteiger partial charge is 0.497 e. The SMILES string of the molecule is COc1ccc(NC(=O)Cc2c3[n+](cc4c(OC)c(OC)ccc24)CCc2cc4c(cc2-3)OCO4)cc1. The first kappa shape index (κ1) is 23.0. The van der Waals surface area contributed by atoms with Gasteiger partial charge in [0.1, 0.15) is 5.75 Å². The minimum Gasteiger partial charge on any atom is -0.497 e. The third-order valence-corrected chi connectivity index (χ3v) is 6.95. The summed E-state index contributed by atoms with van der Waals surface area (Å²) in [7, 11) is 4.87. The molecule has 6 rings (SSSR count). The number of aromatic nitrogens is 1. The van der Waals surface area contributed by atoms with E-state index in [9.17, 15) is 4.79 Å². The van der Waals surface area contributed by atoms with E-state index in [4.69, 9.17) is 23.7 Å². The van der Waals surface area contributed by atoms with E-state index in [2.05, 4.69) is 22.1 Å². The van der Waals surface area contributed by atoms with Crippen LogP contribution in [-0.2, 0) is 24.2 Å². The van der Waals surface area contributed by atoms with Crippen LogP contribution in [0, 0.1) is 0 Å². The molecule has 1 aromatic heterocycles. The lowest BCUT2D eigenvalue weighted by atomic mass is 9.89. The number of benzene rings is 3. The van der Waals surface area contributed by atoms with Crippen molar-refractivity contribution in [2.45, 2.75) is 19.4 Å². The van der Waals surface area contributed by atoms with E-state index in [1.165, 1.54) is 5.56 Å². The molecule has 0 saturated carbocycles. The summed E-state index contributed by atoms with van der Waals surface area (Å²) in [6, 6.07) is 15.3. The number of carbonyl (C=O) groups excluding carboxylic acids is 1. The molecule has 0 unspecified atom stereocenters. The van der Waals surface area contributed by atoms with Crippen LogP contribution in [0.4, 0.5) is 5.69 Å². The van der Waals surface area contributed by atoms with Gasteiger partial charge in [-0.25, -0.2) is 0 Å². The predicted octanol–water partition coefficient (Wildman–Crippen LogP) is 4.29. The fourth-order valence-corrected chi connectivity index (χ4v) is 5.23. The number of rotatable bonds is 6. The van der Waals surface area contributed by atoms with Gasteiger partial charge in [-0.05, 0) is 54.1 Å². The maximum atomic E-state index is 13.4. The summed E-state index contributed by atoms with van der Waals surface area (Å²) in [5.74, 6) is 3.37. The number of ether oxygens (including phenoxy) is 5. The average molecular weight is 500 g/mol. The first-order chi connectivity index (χ1) is 18.1. The summed E-state index contributed by atoms with van der Waals surface area (Å²) < 4.78 is 30.1. The highest BCUT2D eigenvalue weighted by Crippen LogP contribution is 2.43. The Morgan fingerprint density at radius 1 is 0.946 bits per heavy atom. The van der Waals surface area contributed by atoms with E-state index >= 15 is 0 Å². The highest BCUT2D eigenvalue weighted by Gasteiger charge is 2.33. The van der Waals surface area contributed by atoms with E-state index in [0.717, 1.165) is 52.1 Å². The number of nitrogens with zero attached hydrogens (tertiary/aromatic N) is 1. The second kappa shape index (κ2) is 9.20. The number of aryl methyl sites for hydroxylation is 2. The Balaban J connectivity index is 1.50. The number of nitrogens with one attached hydrogen (secondary N) is 1. The molecule has 8 nitrogen and oxygen atoms in total. The molecule has 0 spiro atoms. The van der Waals surface area contributed by atoms with Crippen molar-refractivity contribution in [2.24, 2.45) is 0 Å². The third kappa shape index (κ3) is 3.94. The Kier molecular flexibility index (Phi) is 5.71. The number of methoxy groups -OCH3 is 3. The minimum absolute atomic E-state index is 0.122. The van der Waals surface area contributed by atoms with Crippen LogP contribution in [-0.4, -0.2) is 34.0 Å². The summed E-state index contributed by atoms with van der Waals surface area (Å²) >= 11 is 0. The molecule has 0 aliphatic carbocycles. The first-order valence-electron chi connectivity index (χ1n) is 12.1. The maximum Gasteiger partial charge on any atom is 0.231 e. The van der Waals surface area contributed by atoms with Crippen molar-refractivity contribution in [1.29, 1.82) is 0 Å². The van der Waals surface area contributed by atoms with Gasteiger partial charge < -0.3 is 29.0 Å². The van der Waals surface area contributed by atoms with Crippen LogP contribution in [0.15, 0.2) is 54.7 Å². The molecule has 0 saturated heterocycles. The topological polar surface area (TPSA) is 79.1 Å². The number of hydrogen-bond donors (Lipinski definition) is 1. The molecule has 37 heavy (non-hydrogen) atoms. The number of hydrogen-bond acceptors (Lipinski definition) is 6. The normalized spacial score (nSPS) is 13.1. The fraction of sp³-hybridized carbons (Fsp3) is 0.241. The molecule has 8 heteroatoms. The molecule has 188 valence electrons. The van der Waals surface area contributed by atoms with Gasteiger partial charge in [-0.15, -0.1) is 0 Å². The van der Waals surface area contributed by atoms with Crippen molar-refractivity contribution in [3.8, 4) is 40.0 Å². The zero-order valence-electron chi connectivity index (χ0n) is 20.9. The van der Waals surface area contributed by atoms with E-state index < -0.39 is 0 Å². The second-order valence-corrected chi connectivity index (χ2v) is 8.98. The lowest BCUT2D eigenvalue weighted by molar-refractivity contribution is -0.686. The van der Waals surface area contributed by atoms with Crippen molar-refractivity contribution in [3.05, 3.63) is 65.9 Å². The Bertz CT molecular complexity index is 1530. The van der Waals surface area contributed by atoms with Gasteiger partial charge in [0.25, 0.3) is 0 Å². The van der Waals surface area contributed by atoms with E-state index in [0.29, 0.717) is 22.9 Å². The van der Waals surface area contributed by atoms with Gasteiger partial charge >= 0.3 is 0 Å². The summed E-state index contributed by atoms with van der Waals surface area (Å²) in [4.78, 5) is 13.4. The zero-order chi connectivity index (χ0) is 25.5. The second-order valence-electron chi connectivity index (χ2n) is 8.98. The minimum atomic E-state index is -0.122. The summed E-state index contributed by atoms with van der Waals surface area (Å²) in [5.41, 5.74) is 4.81. The van der Waals surface area contributed by atoms with E-state index in [1.54, 1.807) is 21.3 Å². The van der Waals surface area contributed by atoms with Crippen molar-refractivity contribution in [3.63, 3.8) is 0 Å². The molecule has 2 aliphatic heterocycles. The quantitative estimate of drug-likeness (QED) is 0.399. The Hall–Kier alpha value is -4.46. The number of carbonyl (C=O) groups is 1. The molecule has 1 amide bonds. The van der Waals surface area contributed by atoms with Crippen LogP contribution in [0.25, 0.3) is 22.0 Å². The standard InChI is InChI=1S/C29H26N2O6/c1-33-19-6-4-18(5-7-19)30-27(32)14-22-20-8-9-24(34-2)29(35-3)23(20)15-31-11-10-17-12-25-26(37-16-36-25)13-21(17)28(22)31/h4-9,12-13,15H,10-11,14,16H2,1-3H3/p+1. The van der Waals surface area contributed by atoms with Crippen LogP contribution in [0.1, 0.15) is 11.1 Å². The third-order valence-electron chi connectivity index (χ3n) is 6.95. The molecule has 3 aromatic carbocycles. The molecule has 2 aliphatic rings. The fourth-order valence-electron chi connectivity index (χ4n) is 5.23. The maximum absolute atomic E-state index is 13.4. The van der Waals surface area contributed by atoms with Crippen molar-refractivity contribution in [2.75, 3.05) is 33.4 Å². The number of anilines is 1. The number of pyridine rings is 1. The van der Waals surface area contributed by atoms with Gasteiger partial charge in [0.15, 0.2) is 35.7 Å². The lowest BCUT2D eigenvalue weighted by Gasteiger charge is -2.21. The zero-order valence-corrected chi connectivity index (χ0v) is 20.9. The van der Waals surface area contributed by atoms with Gasteiger partial charge in [0.05, 0.1) is 38.7 Å². The molecular formula is C29H27N2O6+. The lowest BCUT2D eigenvalue weighted by Crippen LogP contribution is -2.41. The van der Waals surface area contributed by atoms with Gasteiger partial charge in [-0.1, -0.05) is 0 Å². The van der Waals surface area contributed by atoms with Gasteiger partial charge in [-0.2, -0.15) is 4.57 Å². The molecule has 1 N–H and O–H groups in total. The van der Waals surface area contributed by atoms with E-state index in [-0.39, 0.29) is 19.1 Å². The smallest absolute Gasteiger partial charge is 0.231 e. The number of amides is 1.